The number of fused-ring (bicyclic) bond motifs is 1. The molecule has 20 heavy (non-hydrogen) atoms. The smallest absolute Gasteiger partial charge is 0.228 e. The van der Waals surface area contributed by atoms with E-state index < -0.39 is 11.9 Å². The van der Waals surface area contributed by atoms with Crippen LogP contribution in [0.25, 0.3) is 0 Å². The van der Waals surface area contributed by atoms with Crippen LogP contribution < -0.4 is 5.32 Å². The molecule has 0 fully saturated rings. The molecule has 5 heteroatoms. The van der Waals surface area contributed by atoms with E-state index in [1.165, 1.54) is 12.1 Å². The Labute approximate surface area is 120 Å². The lowest BCUT2D eigenvalue weighted by Crippen LogP contribution is -2.03. The van der Waals surface area contributed by atoms with E-state index in [1.807, 2.05) is 0 Å². The van der Waals surface area contributed by atoms with E-state index in [0.29, 0.717) is 11.1 Å². The molecule has 1 aliphatic rings. The zero-order valence-electron chi connectivity index (χ0n) is 10.4. The Morgan fingerprint density at radius 1 is 1.30 bits per heavy atom. The zero-order chi connectivity index (χ0) is 14.3. The van der Waals surface area contributed by atoms with E-state index in [1.54, 1.807) is 24.3 Å². The highest BCUT2D eigenvalue weighted by Crippen LogP contribution is 2.33. The van der Waals surface area contributed by atoms with Crippen LogP contribution in [0.5, 0.6) is 0 Å². The maximum Gasteiger partial charge on any atom is 0.228 e. The maximum atomic E-state index is 13.4. The summed E-state index contributed by atoms with van der Waals surface area (Å²) < 4.78 is 13.4. The van der Waals surface area contributed by atoms with Gasteiger partial charge >= 0.3 is 0 Å². The summed E-state index contributed by atoms with van der Waals surface area (Å²) in [7, 11) is 0. The van der Waals surface area contributed by atoms with Gasteiger partial charge in [0.25, 0.3) is 0 Å². The van der Waals surface area contributed by atoms with Crippen molar-refractivity contribution < 1.29 is 14.3 Å². The van der Waals surface area contributed by atoms with Gasteiger partial charge in [0.1, 0.15) is 11.9 Å². The Morgan fingerprint density at radius 2 is 2.10 bits per heavy atom. The molecular weight excluding hydrogens is 281 g/mol. The average molecular weight is 292 g/mol. The summed E-state index contributed by atoms with van der Waals surface area (Å²) in [6.45, 7) is 0. The van der Waals surface area contributed by atoms with Gasteiger partial charge in [0, 0.05) is 11.3 Å². The molecule has 1 aliphatic heterocycles. The van der Waals surface area contributed by atoms with Gasteiger partial charge in [-0.15, -0.1) is 0 Å². The molecule has 0 aromatic heterocycles. The summed E-state index contributed by atoms with van der Waals surface area (Å²) in [4.78, 5) is 11.3. The lowest BCUT2D eigenvalue weighted by molar-refractivity contribution is -0.115. The Bertz CT molecular complexity index is 702. The average Bonchev–Trinajstić information content (AvgIpc) is 2.80. The zero-order valence-corrected chi connectivity index (χ0v) is 11.1. The summed E-state index contributed by atoms with van der Waals surface area (Å²) in [5.74, 6) is -0.642. The van der Waals surface area contributed by atoms with Gasteiger partial charge in [0.2, 0.25) is 5.91 Å². The fourth-order valence-electron chi connectivity index (χ4n) is 2.33. The molecule has 0 saturated heterocycles. The number of aliphatic hydroxyl groups excluding tert-OH is 1. The minimum absolute atomic E-state index is 0.0737. The number of nitrogens with one attached hydrogen (secondary N) is 1. The monoisotopic (exact) mass is 291 g/mol. The fraction of sp³-hybridized carbons (Fsp3) is 0.133. The largest absolute Gasteiger partial charge is 0.384 e. The minimum atomic E-state index is -1.03. The molecule has 0 radical (unpaired) electrons. The van der Waals surface area contributed by atoms with Crippen LogP contribution in [0.15, 0.2) is 36.4 Å². The van der Waals surface area contributed by atoms with Crippen molar-refractivity contribution in [3.63, 3.8) is 0 Å². The number of amides is 1. The highest BCUT2D eigenvalue weighted by molar-refractivity contribution is 6.31. The van der Waals surface area contributed by atoms with Gasteiger partial charge in [-0.05, 0) is 23.3 Å². The molecule has 1 heterocycles. The minimum Gasteiger partial charge on any atom is -0.384 e. The molecule has 0 bridgehead atoms. The SMILES string of the molecule is O=C1Cc2cc(C(O)c3cccc(F)c3Cl)ccc2N1. The number of rotatable bonds is 2. The van der Waals surface area contributed by atoms with Crippen LogP contribution >= 0.6 is 11.6 Å². The number of carbonyl (C=O) groups is 1. The van der Waals surface area contributed by atoms with E-state index in [0.717, 1.165) is 11.3 Å². The van der Waals surface area contributed by atoms with Gasteiger partial charge in [0.05, 0.1) is 11.4 Å². The molecule has 0 saturated carbocycles. The topological polar surface area (TPSA) is 49.3 Å². The molecule has 2 aromatic rings. The third-order valence-corrected chi connectivity index (χ3v) is 3.74. The number of anilines is 1. The normalized spacial score (nSPS) is 14.8. The van der Waals surface area contributed by atoms with Crippen LogP contribution in [0.2, 0.25) is 5.02 Å². The number of benzene rings is 2. The standard InChI is InChI=1S/C15H11ClFNO2/c16-14-10(2-1-3-11(14)17)15(20)8-4-5-12-9(6-8)7-13(19)18-12/h1-6,15,20H,7H2,(H,18,19). The van der Waals surface area contributed by atoms with E-state index >= 15 is 0 Å². The maximum absolute atomic E-state index is 13.4. The van der Waals surface area contributed by atoms with Crippen LogP contribution in [0.3, 0.4) is 0 Å². The van der Waals surface area contributed by atoms with Crippen LogP contribution in [-0.4, -0.2) is 11.0 Å². The van der Waals surface area contributed by atoms with Gasteiger partial charge in [-0.25, -0.2) is 4.39 Å². The molecule has 0 spiro atoms. The third-order valence-electron chi connectivity index (χ3n) is 3.35. The second-order valence-electron chi connectivity index (χ2n) is 4.69. The number of aliphatic hydroxyl groups is 1. The predicted octanol–water partition coefficient (Wildman–Crippen LogP) is 3.06. The highest BCUT2D eigenvalue weighted by atomic mass is 35.5. The molecular formula is C15H11ClFNO2. The Kier molecular flexibility index (Phi) is 3.20. The molecule has 3 nitrogen and oxygen atoms in total. The van der Waals surface area contributed by atoms with Crippen molar-refractivity contribution in [2.24, 2.45) is 0 Å². The number of carbonyl (C=O) groups excluding carboxylic acids is 1. The Morgan fingerprint density at radius 3 is 2.90 bits per heavy atom. The fourth-order valence-corrected chi connectivity index (χ4v) is 2.56. The van der Waals surface area contributed by atoms with Crippen molar-refractivity contribution in [3.05, 3.63) is 63.9 Å². The lowest BCUT2D eigenvalue weighted by atomic mass is 9.98. The lowest BCUT2D eigenvalue weighted by Gasteiger charge is -2.14. The van der Waals surface area contributed by atoms with Gasteiger partial charge in [0.15, 0.2) is 0 Å². The van der Waals surface area contributed by atoms with Gasteiger partial charge in [-0.2, -0.15) is 0 Å². The van der Waals surface area contributed by atoms with Crippen molar-refractivity contribution in [1.82, 2.24) is 0 Å². The number of hydrogen-bond donors (Lipinski definition) is 2. The molecule has 1 amide bonds. The van der Waals surface area contributed by atoms with Crippen molar-refractivity contribution in [3.8, 4) is 0 Å². The van der Waals surface area contributed by atoms with E-state index in [9.17, 15) is 14.3 Å². The first-order valence-corrected chi connectivity index (χ1v) is 6.48. The summed E-state index contributed by atoms with van der Waals surface area (Å²) in [6, 6.07) is 9.47. The first-order valence-electron chi connectivity index (χ1n) is 6.11. The molecule has 3 rings (SSSR count). The quantitative estimate of drug-likeness (QED) is 0.893. The van der Waals surface area contributed by atoms with Gasteiger partial charge in [-0.3, -0.25) is 4.79 Å². The second kappa shape index (κ2) is 4.89. The van der Waals surface area contributed by atoms with Crippen molar-refractivity contribution in [2.45, 2.75) is 12.5 Å². The molecule has 1 atom stereocenters. The van der Waals surface area contributed by atoms with Gasteiger partial charge < -0.3 is 10.4 Å². The van der Waals surface area contributed by atoms with E-state index in [2.05, 4.69) is 5.32 Å². The van der Waals surface area contributed by atoms with Crippen LogP contribution in [0, 0.1) is 5.82 Å². The van der Waals surface area contributed by atoms with E-state index in [-0.39, 0.29) is 17.4 Å². The molecule has 1 unspecified atom stereocenters. The molecule has 0 aliphatic carbocycles. The predicted molar refractivity (Wildman–Crippen MR) is 74.2 cm³/mol. The number of halogens is 2. The summed E-state index contributed by atoms with van der Waals surface area (Å²) in [5.41, 5.74) is 2.45. The van der Waals surface area contributed by atoms with Crippen LogP contribution in [0.4, 0.5) is 10.1 Å². The van der Waals surface area contributed by atoms with Crippen molar-refractivity contribution >= 4 is 23.2 Å². The van der Waals surface area contributed by atoms with Crippen molar-refractivity contribution in [1.29, 1.82) is 0 Å². The summed E-state index contributed by atoms with van der Waals surface area (Å²) >= 11 is 5.88. The van der Waals surface area contributed by atoms with Crippen LogP contribution in [0.1, 0.15) is 22.8 Å². The first-order chi connectivity index (χ1) is 9.56. The van der Waals surface area contributed by atoms with Crippen LogP contribution in [-0.2, 0) is 11.2 Å². The summed E-state index contributed by atoms with van der Waals surface area (Å²) in [5, 5.41) is 13.0. The molecule has 2 N–H and O–H groups in total. The summed E-state index contributed by atoms with van der Waals surface area (Å²) in [6.07, 6.45) is -0.744. The van der Waals surface area contributed by atoms with Gasteiger partial charge in [-0.1, -0.05) is 35.9 Å². The second-order valence-corrected chi connectivity index (χ2v) is 5.07. The Hall–Kier alpha value is -1.91. The van der Waals surface area contributed by atoms with Crippen molar-refractivity contribution in [2.75, 3.05) is 5.32 Å². The molecule has 2 aromatic carbocycles. The highest BCUT2D eigenvalue weighted by Gasteiger charge is 2.21. The van der Waals surface area contributed by atoms with E-state index in [4.69, 9.17) is 11.6 Å². The number of hydrogen-bond acceptors (Lipinski definition) is 2. The molecule has 102 valence electrons. The Balaban J connectivity index is 1.99. The first kappa shape index (κ1) is 13.1. The third kappa shape index (κ3) is 2.17.